The van der Waals surface area contributed by atoms with Crippen molar-refractivity contribution in [2.75, 3.05) is 5.43 Å². The van der Waals surface area contributed by atoms with Gasteiger partial charge in [0.05, 0.1) is 5.69 Å². The maximum atomic E-state index is 5.54. The Balaban J connectivity index is -0.000000292. The van der Waals surface area contributed by atoms with E-state index in [1.807, 2.05) is 0 Å². The number of hydrogen-bond donors (Lipinski definition) is 4. The van der Waals surface area contributed by atoms with E-state index in [9.17, 15) is 0 Å². The third kappa shape index (κ3) is 12.5. The molecule has 0 fully saturated rings. The van der Waals surface area contributed by atoms with Gasteiger partial charge in [0.25, 0.3) is 0 Å². The second kappa shape index (κ2) is 14.9. The van der Waals surface area contributed by atoms with Crippen molar-refractivity contribution in [2.24, 2.45) is 17.5 Å². The summed E-state index contributed by atoms with van der Waals surface area (Å²) in [6.07, 6.45) is 0. The largest absolute Gasteiger partial charge is 0.412 e. The van der Waals surface area contributed by atoms with Crippen molar-refractivity contribution in [1.29, 1.82) is 0 Å². The highest BCUT2D eigenvalue weighted by Gasteiger charge is 1.96. The van der Waals surface area contributed by atoms with Crippen molar-refractivity contribution >= 4 is 63.7 Å². The van der Waals surface area contributed by atoms with Crippen molar-refractivity contribution in [3.05, 3.63) is 49.9 Å². The molecule has 0 saturated carbocycles. The Morgan fingerprint density at radius 1 is 0.739 bits per heavy atom. The van der Waals surface area contributed by atoms with Gasteiger partial charge in [-0.25, -0.2) is 9.97 Å². The Labute approximate surface area is 159 Å². The molecule has 9 N–H and O–H groups in total. The fraction of sp³-hybridized carbons (Fsp3) is 0.0909. The van der Waals surface area contributed by atoms with E-state index in [1.54, 1.807) is 12.1 Å². The normalized spacial score (nSPS) is 8.17. The van der Waals surface area contributed by atoms with Gasteiger partial charge in [0.15, 0.2) is 0 Å². The molecule has 0 saturated heterocycles. The van der Waals surface area contributed by atoms with Gasteiger partial charge in [0.2, 0.25) is 0 Å². The molecular weight excluding hydrogens is 409 g/mol. The Morgan fingerprint density at radius 2 is 1.04 bits per heavy atom. The molecule has 2 heterocycles. The van der Waals surface area contributed by atoms with Crippen molar-refractivity contribution in [3.8, 4) is 0 Å². The van der Waals surface area contributed by atoms with Crippen LogP contribution in [0.1, 0.15) is 7.43 Å². The van der Waals surface area contributed by atoms with Crippen LogP contribution in [-0.4, -0.2) is 15.4 Å². The van der Waals surface area contributed by atoms with Crippen LogP contribution < -0.4 is 23.0 Å². The number of nitrogens with zero attached hydrogens (tertiary/aromatic N) is 2. The maximum absolute atomic E-state index is 5.54. The van der Waals surface area contributed by atoms with Gasteiger partial charge in [-0.15, -0.1) is 0 Å². The zero-order valence-corrected chi connectivity index (χ0v) is 14.6. The van der Waals surface area contributed by atoms with E-state index >= 15 is 0 Å². The Kier molecular flexibility index (Phi) is 17.7. The number of anilines is 1. The van der Waals surface area contributed by atoms with E-state index in [-0.39, 0.29) is 12.9 Å². The molecule has 0 bridgehead atoms. The highest BCUT2D eigenvalue weighted by molar-refractivity contribution is 6.36. The van der Waals surface area contributed by atoms with Crippen LogP contribution in [0.2, 0.25) is 25.6 Å². The summed E-state index contributed by atoms with van der Waals surface area (Å²) in [5.74, 6) is 13.1. The Bertz CT molecular complexity index is 504. The number of nitrogens with two attached hydrogens (primary N) is 3. The first kappa shape index (κ1) is 27.2. The van der Waals surface area contributed by atoms with Crippen molar-refractivity contribution in [3.63, 3.8) is 0 Å². The number of halogens is 5. The molecule has 0 unspecified atom stereocenters. The molecule has 132 valence electrons. The Morgan fingerprint density at radius 3 is 1.30 bits per heavy atom. The predicted molar refractivity (Wildman–Crippen MR) is 100 cm³/mol. The maximum Gasteiger partial charge on any atom is 0.132 e. The van der Waals surface area contributed by atoms with E-state index in [0.29, 0.717) is 31.3 Å². The first-order valence-corrected chi connectivity index (χ1v) is 6.91. The fourth-order valence-corrected chi connectivity index (χ4v) is 2.22. The van der Waals surface area contributed by atoms with Crippen molar-refractivity contribution in [1.82, 2.24) is 9.97 Å². The van der Waals surface area contributed by atoms with Gasteiger partial charge in [0, 0.05) is 17.2 Å². The monoisotopic (exact) mass is 424 g/mol. The van der Waals surface area contributed by atoms with Gasteiger partial charge < -0.3 is 10.9 Å². The Hall–Kier alpha value is -0.610. The molecule has 0 atom stereocenters. The number of nitrogen functional groups attached to an aromatic ring is 1. The van der Waals surface area contributed by atoms with E-state index in [1.165, 1.54) is 12.1 Å². The molecule has 12 heteroatoms. The first-order valence-electron chi connectivity index (χ1n) is 5.02. The zero-order valence-electron chi connectivity index (χ0n) is 10.8. The highest BCUT2D eigenvalue weighted by atomic mass is 35.5. The van der Waals surface area contributed by atoms with Gasteiger partial charge in [-0.3, -0.25) is 17.5 Å². The molecular formula is C11H17Cl5N6O. The van der Waals surface area contributed by atoms with Crippen LogP contribution in [0, 0.1) is 0 Å². The van der Waals surface area contributed by atoms with Crippen LogP contribution in [-0.2, 0) is 0 Å². The van der Waals surface area contributed by atoms with Gasteiger partial charge in [-0.2, -0.15) is 0 Å². The lowest BCUT2D eigenvalue weighted by Crippen LogP contribution is -2.06. The van der Waals surface area contributed by atoms with Crippen molar-refractivity contribution < 1.29 is 5.48 Å². The van der Waals surface area contributed by atoms with Crippen LogP contribution in [0.3, 0.4) is 0 Å². The molecule has 2 aromatic heterocycles. The molecule has 7 nitrogen and oxygen atoms in total. The fourth-order valence-electron chi connectivity index (χ4n) is 0.984. The minimum atomic E-state index is 0. The van der Waals surface area contributed by atoms with Crippen LogP contribution >= 0.6 is 58.0 Å². The predicted octanol–water partition coefficient (Wildman–Crippen LogP) is 3.35. The quantitative estimate of drug-likeness (QED) is 0.312. The lowest BCUT2D eigenvalue weighted by molar-refractivity contribution is 0.824. The summed E-state index contributed by atoms with van der Waals surface area (Å²) in [5, 5.41) is 1.76. The number of aromatic nitrogens is 2. The minimum Gasteiger partial charge on any atom is -0.412 e. The minimum absolute atomic E-state index is 0. The van der Waals surface area contributed by atoms with Crippen LogP contribution in [0.4, 0.5) is 5.69 Å². The van der Waals surface area contributed by atoms with E-state index < -0.39 is 0 Å². The standard InChI is InChI=1S/C5H2Cl3N.C5H5Cl2N3.CH4.H4N2.H2O/c6-3-1-4(7)9-5(8)2-3;6-4-1-3(10-8)2-5(7)9-4;;1-2;/h1-2H;1-2H,8H2,(H,9,10);1H4;1-2H2;1H2. The third-order valence-corrected chi connectivity index (χ3v) is 2.65. The molecule has 0 spiro atoms. The van der Waals surface area contributed by atoms with Crippen LogP contribution in [0.15, 0.2) is 24.3 Å². The van der Waals surface area contributed by atoms with E-state index in [2.05, 4.69) is 27.1 Å². The number of hydrazine groups is 2. The number of nitrogens with one attached hydrogen (secondary N) is 1. The van der Waals surface area contributed by atoms with E-state index in [4.69, 9.17) is 63.8 Å². The summed E-state index contributed by atoms with van der Waals surface area (Å²) >= 11 is 27.6. The average Bonchev–Trinajstić information content (AvgIpc) is 2.39. The van der Waals surface area contributed by atoms with Gasteiger partial charge in [-0.1, -0.05) is 65.4 Å². The second-order valence-electron chi connectivity index (χ2n) is 3.08. The molecule has 0 aliphatic carbocycles. The molecule has 23 heavy (non-hydrogen) atoms. The highest BCUT2D eigenvalue weighted by Crippen LogP contribution is 2.18. The molecule has 0 aliphatic rings. The summed E-state index contributed by atoms with van der Waals surface area (Å²) in [7, 11) is 0. The zero-order chi connectivity index (χ0) is 16.4. The molecule has 2 aromatic rings. The second-order valence-corrected chi connectivity index (χ2v) is 5.06. The molecule has 0 radical (unpaired) electrons. The molecule has 0 amide bonds. The summed E-state index contributed by atoms with van der Waals surface area (Å²) in [5.41, 5.74) is 3.04. The van der Waals surface area contributed by atoms with Gasteiger partial charge >= 0.3 is 0 Å². The topological polar surface area (TPSA) is 147 Å². The first-order chi connectivity index (χ1) is 9.90. The molecule has 0 aliphatic heterocycles. The van der Waals surface area contributed by atoms with Crippen molar-refractivity contribution in [2.45, 2.75) is 7.43 Å². The van der Waals surface area contributed by atoms with E-state index in [0.717, 1.165) is 0 Å². The number of rotatable bonds is 1. The summed E-state index contributed by atoms with van der Waals surface area (Å²) in [6.45, 7) is 0. The smallest absolute Gasteiger partial charge is 0.132 e. The summed E-state index contributed by atoms with van der Waals surface area (Å²) < 4.78 is 0. The lowest BCUT2D eigenvalue weighted by atomic mass is 10.4. The lowest BCUT2D eigenvalue weighted by Gasteiger charge is -1.98. The molecule has 2 rings (SSSR count). The van der Waals surface area contributed by atoms with Gasteiger partial charge in [-0.05, 0) is 12.1 Å². The van der Waals surface area contributed by atoms with Gasteiger partial charge in [0.1, 0.15) is 20.6 Å². The summed E-state index contributed by atoms with van der Waals surface area (Å²) in [4.78, 5) is 7.40. The van der Waals surface area contributed by atoms with Crippen LogP contribution in [0.5, 0.6) is 0 Å². The SMILES string of the molecule is C.Clc1cc(Cl)nc(Cl)c1.NN.NNc1cc(Cl)nc(Cl)c1.O. The number of pyridine rings is 2. The van der Waals surface area contributed by atoms with Crippen LogP contribution in [0.25, 0.3) is 0 Å². The summed E-state index contributed by atoms with van der Waals surface area (Å²) in [6, 6.07) is 6.20. The molecule has 0 aromatic carbocycles. The third-order valence-electron chi connectivity index (χ3n) is 1.66. The average molecular weight is 427 g/mol. The number of hydrogen-bond acceptors (Lipinski definition) is 6.